The average molecular weight is 280 g/mol. The lowest BCUT2D eigenvalue weighted by Crippen LogP contribution is -2.44. The van der Waals surface area contributed by atoms with Gasteiger partial charge in [-0.2, -0.15) is 0 Å². The first-order valence-corrected chi connectivity index (χ1v) is 6.61. The second-order valence-corrected chi connectivity index (χ2v) is 4.91. The number of carbonyl (C=O) groups excluding carboxylic acids is 1. The minimum atomic E-state index is -0.595. The quantitative estimate of drug-likeness (QED) is 0.836. The number of aryl methyl sites for hydroxylation is 1. The van der Waals surface area contributed by atoms with Gasteiger partial charge in [0.05, 0.1) is 38.7 Å². The summed E-state index contributed by atoms with van der Waals surface area (Å²) in [5.74, 6) is 0.672. The van der Waals surface area contributed by atoms with Crippen LogP contribution in [0.1, 0.15) is 12.0 Å². The zero-order valence-corrected chi connectivity index (χ0v) is 11.8. The van der Waals surface area contributed by atoms with Crippen molar-refractivity contribution in [1.82, 2.24) is 9.88 Å². The Bertz CT molecular complexity index is 466. The van der Waals surface area contributed by atoms with Gasteiger partial charge in [0, 0.05) is 19.7 Å². The Morgan fingerprint density at radius 1 is 1.55 bits per heavy atom. The molecule has 1 amide bonds. The number of hydrogen-bond donors (Lipinski definition) is 1. The topological polar surface area (TPSA) is 71.9 Å². The molecule has 110 valence electrons. The van der Waals surface area contributed by atoms with Gasteiger partial charge in [-0.1, -0.05) is 0 Å². The first-order valence-electron chi connectivity index (χ1n) is 6.61. The molecule has 0 saturated carbocycles. The maximum Gasteiger partial charge on any atom is 0.223 e. The molecule has 1 aliphatic heterocycles. The number of carbonyl (C=O) groups is 1. The van der Waals surface area contributed by atoms with Crippen LogP contribution in [0.2, 0.25) is 0 Å². The van der Waals surface area contributed by atoms with Crippen LogP contribution < -0.4 is 4.74 Å². The molecule has 1 aliphatic rings. The van der Waals surface area contributed by atoms with Crippen LogP contribution in [-0.4, -0.2) is 60.4 Å². The summed E-state index contributed by atoms with van der Waals surface area (Å²) < 4.78 is 10.3. The molecule has 0 aliphatic carbocycles. The lowest BCUT2D eigenvalue weighted by molar-refractivity contribution is -0.133. The van der Waals surface area contributed by atoms with E-state index in [0.717, 1.165) is 5.56 Å². The van der Waals surface area contributed by atoms with Crippen LogP contribution in [0.15, 0.2) is 18.5 Å². The van der Waals surface area contributed by atoms with Crippen molar-refractivity contribution in [3.63, 3.8) is 0 Å². The molecule has 0 spiro atoms. The van der Waals surface area contributed by atoms with Gasteiger partial charge in [-0.15, -0.1) is 0 Å². The van der Waals surface area contributed by atoms with E-state index < -0.39 is 6.10 Å². The van der Waals surface area contributed by atoms with Gasteiger partial charge in [-0.05, 0) is 18.1 Å². The third-order valence-corrected chi connectivity index (χ3v) is 3.55. The highest BCUT2D eigenvalue weighted by Gasteiger charge is 2.31. The zero-order valence-electron chi connectivity index (χ0n) is 11.8. The van der Waals surface area contributed by atoms with E-state index in [1.165, 1.54) is 0 Å². The predicted octanol–water partition coefficient (Wildman–Crippen LogP) is 0.241. The lowest BCUT2D eigenvalue weighted by atomic mass is 10.1. The van der Waals surface area contributed by atoms with Gasteiger partial charge in [-0.25, -0.2) is 0 Å². The van der Waals surface area contributed by atoms with Crippen LogP contribution in [0.25, 0.3) is 0 Å². The van der Waals surface area contributed by atoms with Crippen molar-refractivity contribution in [1.29, 1.82) is 0 Å². The third-order valence-electron chi connectivity index (χ3n) is 3.55. The van der Waals surface area contributed by atoms with E-state index in [9.17, 15) is 9.90 Å². The fourth-order valence-corrected chi connectivity index (χ4v) is 2.23. The number of likely N-dealkylation sites (N-methyl/N-ethyl adjacent to an activating group) is 1. The molecule has 0 aromatic carbocycles. The van der Waals surface area contributed by atoms with Crippen LogP contribution in [0, 0.1) is 0 Å². The molecule has 1 aromatic heterocycles. The van der Waals surface area contributed by atoms with Gasteiger partial charge in [-0.3, -0.25) is 9.78 Å². The fraction of sp³-hybridized carbons (Fsp3) is 0.571. The van der Waals surface area contributed by atoms with Crippen molar-refractivity contribution in [3.8, 4) is 5.75 Å². The molecule has 2 atom stereocenters. The monoisotopic (exact) mass is 280 g/mol. The molecular formula is C14H20N2O4. The number of aliphatic hydroxyl groups excluding tert-OH is 1. The van der Waals surface area contributed by atoms with E-state index in [1.54, 1.807) is 31.5 Å². The summed E-state index contributed by atoms with van der Waals surface area (Å²) in [6.07, 6.45) is 3.72. The van der Waals surface area contributed by atoms with Gasteiger partial charge in [0.15, 0.2) is 0 Å². The fourth-order valence-electron chi connectivity index (χ4n) is 2.23. The molecule has 1 N–H and O–H groups in total. The minimum absolute atomic E-state index is 0.0117. The van der Waals surface area contributed by atoms with Gasteiger partial charge in [0.2, 0.25) is 5.91 Å². The smallest absolute Gasteiger partial charge is 0.223 e. The Labute approximate surface area is 118 Å². The second kappa shape index (κ2) is 6.67. The Morgan fingerprint density at radius 3 is 3.00 bits per heavy atom. The van der Waals surface area contributed by atoms with Crippen molar-refractivity contribution >= 4 is 5.91 Å². The molecule has 2 rings (SSSR count). The Hall–Kier alpha value is -1.66. The summed E-state index contributed by atoms with van der Waals surface area (Å²) in [5, 5.41) is 9.72. The van der Waals surface area contributed by atoms with Crippen LogP contribution >= 0.6 is 0 Å². The number of pyridine rings is 1. The Kier molecular flexibility index (Phi) is 4.92. The van der Waals surface area contributed by atoms with E-state index in [4.69, 9.17) is 9.47 Å². The first-order chi connectivity index (χ1) is 9.61. The normalized spacial score (nSPS) is 21.8. The number of rotatable bonds is 5. The van der Waals surface area contributed by atoms with Crippen LogP contribution in [-0.2, 0) is 16.0 Å². The molecule has 1 saturated heterocycles. The van der Waals surface area contributed by atoms with Gasteiger partial charge in [0.25, 0.3) is 0 Å². The van der Waals surface area contributed by atoms with E-state index >= 15 is 0 Å². The summed E-state index contributed by atoms with van der Waals surface area (Å²) in [6.45, 7) is 0.687. The molecule has 2 heterocycles. The number of nitrogens with zero attached hydrogens (tertiary/aromatic N) is 2. The molecule has 0 bridgehead atoms. The van der Waals surface area contributed by atoms with Crippen LogP contribution in [0.4, 0.5) is 0 Å². The minimum Gasteiger partial charge on any atom is -0.495 e. The standard InChI is InChI=1S/C14H20N2O4/c1-16(12-8-20-9-13(12)17)14(18)4-3-10-5-11(19-2)7-15-6-10/h5-7,12-13,17H,3-4,8-9H2,1-2H3/t12-,13-/m1/s1. The molecule has 0 unspecified atom stereocenters. The molecular weight excluding hydrogens is 260 g/mol. The van der Waals surface area contributed by atoms with E-state index in [-0.39, 0.29) is 11.9 Å². The summed E-state index contributed by atoms with van der Waals surface area (Å²) in [7, 11) is 3.29. The van der Waals surface area contributed by atoms with E-state index in [0.29, 0.717) is 31.8 Å². The van der Waals surface area contributed by atoms with Crippen molar-refractivity contribution in [2.75, 3.05) is 27.4 Å². The van der Waals surface area contributed by atoms with Gasteiger partial charge < -0.3 is 19.5 Å². The molecule has 1 aromatic rings. The maximum absolute atomic E-state index is 12.1. The maximum atomic E-state index is 12.1. The van der Waals surface area contributed by atoms with Crippen LogP contribution in [0.3, 0.4) is 0 Å². The number of hydrogen-bond acceptors (Lipinski definition) is 5. The molecule has 0 radical (unpaired) electrons. The largest absolute Gasteiger partial charge is 0.495 e. The first kappa shape index (κ1) is 14.7. The summed E-state index contributed by atoms with van der Waals surface area (Å²) >= 11 is 0. The molecule has 6 heteroatoms. The highest BCUT2D eigenvalue weighted by molar-refractivity contribution is 5.76. The SMILES string of the molecule is COc1cncc(CCC(=O)N(C)[C@@H]2COC[C@H]2O)c1. The van der Waals surface area contributed by atoms with Crippen molar-refractivity contribution in [2.45, 2.75) is 25.0 Å². The van der Waals surface area contributed by atoms with E-state index in [2.05, 4.69) is 4.98 Å². The molecule has 1 fully saturated rings. The van der Waals surface area contributed by atoms with Crippen molar-refractivity contribution in [2.24, 2.45) is 0 Å². The molecule has 20 heavy (non-hydrogen) atoms. The average Bonchev–Trinajstić information content (AvgIpc) is 2.90. The number of methoxy groups -OCH3 is 1. The third kappa shape index (κ3) is 3.46. The number of aliphatic hydroxyl groups is 1. The van der Waals surface area contributed by atoms with Crippen LogP contribution in [0.5, 0.6) is 5.75 Å². The highest BCUT2D eigenvalue weighted by atomic mass is 16.5. The lowest BCUT2D eigenvalue weighted by Gasteiger charge is -2.25. The number of amides is 1. The zero-order chi connectivity index (χ0) is 14.5. The summed E-state index contributed by atoms with van der Waals surface area (Å²) in [6, 6.07) is 1.62. The number of ether oxygens (including phenoxy) is 2. The van der Waals surface area contributed by atoms with Gasteiger partial charge >= 0.3 is 0 Å². The van der Waals surface area contributed by atoms with E-state index in [1.807, 2.05) is 6.07 Å². The second-order valence-electron chi connectivity index (χ2n) is 4.91. The highest BCUT2D eigenvalue weighted by Crippen LogP contribution is 2.15. The van der Waals surface area contributed by atoms with Crippen molar-refractivity contribution < 1.29 is 19.4 Å². The number of aromatic nitrogens is 1. The summed E-state index contributed by atoms with van der Waals surface area (Å²) in [5.41, 5.74) is 0.953. The summed E-state index contributed by atoms with van der Waals surface area (Å²) in [4.78, 5) is 17.7. The predicted molar refractivity (Wildman–Crippen MR) is 72.5 cm³/mol. The Morgan fingerprint density at radius 2 is 2.35 bits per heavy atom. The Balaban J connectivity index is 1.88. The molecule has 6 nitrogen and oxygen atoms in total. The van der Waals surface area contributed by atoms with Gasteiger partial charge in [0.1, 0.15) is 5.75 Å². The van der Waals surface area contributed by atoms with Crippen molar-refractivity contribution in [3.05, 3.63) is 24.0 Å².